The molecule has 0 saturated heterocycles. The van der Waals surface area contributed by atoms with Crippen LogP contribution in [0.2, 0.25) is 0 Å². The third kappa shape index (κ3) is 2.22. The molecule has 3 aromatic carbocycles. The second-order valence-corrected chi connectivity index (χ2v) is 6.50. The van der Waals surface area contributed by atoms with Gasteiger partial charge in [-0.25, -0.2) is 0 Å². The van der Waals surface area contributed by atoms with Gasteiger partial charge in [-0.3, -0.25) is 4.79 Å². The van der Waals surface area contributed by atoms with Crippen molar-refractivity contribution < 1.29 is 4.79 Å². The van der Waals surface area contributed by atoms with Crippen LogP contribution in [0, 0.1) is 0 Å². The molecule has 0 fully saturated rings. The summed E-state index contributed by atoms with van der Waals surface area (Å²) in [4.78, 5) is 12.7. The molecule has 1 aliphatic rings. The molecular formula is C19H14BrNO. The number of rotatable bonds is 1. The Bertz CT molecular complexity index is 887. The Labute approximate surface area is 137 Å². The van der Waals surface area contributed by atoms with E-state index in [1.54, 1.807) is 0 Å². The Morgan fingerprint density at radius 1 is 1.00 bits per heavy atom. The van der Waals surface area contributed by atoms with Crippen molar-refractivity contribution >= 4 is 38.2 Å². The number of hydrogen-bond donors (Lipinski definition) is 1. The maximum atomic E-state index is 12.7. The molecule has 4 rings (SSSR count). The summed E-state index contributed by atoms with van der Waals surface area (Å²) in [6, 6.07) is 20.3. The van der Waals surface area contributed by atoms with E-state index in [1.165, 1.54) is 0 Å². The summed E-state index contributed by atoms with van der Waals surface area (Å²) >= 11 is 3.50. The molecule has 0 aliphatic carbocycles. The van der Waals surface area contributed by atoms with E-state index in [0.717, 1.165) is 32.1 Å². The molecule has 1 atom stereocenters. The topological polar surface area (TPSA) is 29.1 Å². The summed E-state index contributed by atoms with van der Waals surface area (Å²) in [5, 5.41) is 5.66. The van der Waals surface area contributed by atoms with E-state index < -0.39 is 0 Å². The number of ketones is 1. The van der Waals surface area contributed by atoms with Crippen molar-refractivity contribution in [1.82, 2.24) is 0 Å². The molecule has 0 unspecified atom stereocenters. The van der Waals surface area contributed by atoms with Crippen LogP contribution in [0.5, 0.6) is 0 Å². The van der Waals surface area contributed by atoms with E-state index in [0.29, 0.717) is 6.42 Å². The van der Waals surface area contributed by atoms with E-state index >= 15 is 0 Å². The van der Waals surface area contributed by atoms with Crippen molar-refractivity contribution in [1.29, 1.82) is 0 Å². The number of carbonyl (C=O) groups is 1. The number of Topliss-reactive ketones (excluding diaryl/α,β-unsaturated/α-hetero) is 1. The van der Waals surface area contributed by atoms with E-state index in [9.17, 15) is 4.79 Å². The third-order valence-electron chi connectivity index (χ3n) is 4.18. The predicted octanol–water partition coefficient (Wildman–Crippen LogP) is 5.34. The van der Waals surface area contributed by atoms with Gasteiger partial charge in [0.1, 0.15) is 0 Å². The summed E-state index contributed by atoms with van der Waals surface area (Å²) < 4.78 is 1.03. The van der Waals surface area contributed by atoms with Gasteiger partial charge >= 0.3 is 0 Å². The van der Waals surface area contributed by atoms with Crippen LogP contribution < -0.4 is 5.32 Å². The van der Waals surface area contributed by atoms with Crippen LogP contribution in [0.4, 0.5) is 5.69 Å². The number of fused-ring (bicyclic) bond motifs is 3. The molecule has 1 aliphatic heterocycles. The Morgan fingerprint density at radius 3 is 2.73 bits per heavy atom. The first kappa shape index (κ1) is 13.5. The molecule has 3 heteroatoms. The lowest BCUT2D eigenvalue weighted by molar-refractivity contribution is 0.0974. The molecule has 1 N–H and O–H groups in total. The Morgan fingerprint density at radius 2 is 1.86 bits per heavy atom. The molecule has 0 spiro atoms. The minimum absolute atomic E-state index is 0.0265. The predicted molar refractivity (Wildman–Crippen MR) is 93.4 cm³/mol. The van der Waals surface area contributed by atoms with Gasteiger partial charge in [0, 0.05) is 22.1 Å². The third-order valence-corrected chi connectivity index (χ3v) is 4.67. The molecule has 0 radical (unpaired) electrons. The van der Waals surface area contributed by atoms with Crippen LogP contribution in [0.25, 0.3) is 10.8 Å². The van der Waals surface area contributed by atoms with E-state index in [2.05, 4.69) is 39.4 Å². The fourth-order valence-electron chi connectivity index (χ4n) is 3.14. The highest BCUT2D eigenvalue weighted by Gasteiger charge is 2.27. The maximum absolute atomic E-state index is 12.7. The van der Waals surface area contributed by atoms with Gasteiger partial charge in [-0.05, 0) is 34.5 Å². The Hall–Kier alpha value is -2.13. The second kappa shape index (κ2) is 5.25. The molecule has 108 valence electrons. The highest BCUT2D eigenvalue weighted by Crippen LogP contribution is 2.37. The molecule has 2 nitrogen and oxygen atoms in total. The minimum atomic E-state index is 0.0265. The van der Waals surface area contributed by atoms with Crippen molar-refractivity contribution in [2.45, 2.75) is 12.5 Å². The van der Waals surface area contributed by atoms with Gasteiger partial charge in [-0.2, -0.15) is 0 Å². The minimum Gasteiger partial charge on any atom is -0.377 e. The van der Waals surface area contributed by atoms with Crippen LogP contribution >= 0.6 is 15.9 Å². The quantitative estimate of drug-likeness (QED) is 0.640. The molecule has 3 aromatic rings. The maximum Gasteiger partial charge on any atom is 0.167 e. The molecular weight excluding hydrogens is 338 g/mol. The molecule has 22 heavy (non-hydrogen) atoms. The standard InChI is InChI=1S/C19H14BrNO/c20-14-6-3-5-13(10-14)17-11-18(22)19-15-7-2-1-4-12(15)8-9-16(19)21-17/h1-10,17,21H,11H2/t17-/m0/s1. The molecule has 0 amide bonds. The number of hydrogen-bond acceptors (Lipinski definition) is 2. The van der Waals surface area contributed by atoms with Crippen LogP contribution in [-0.4, -0.2) is 5.78 Å². The van der Waals surface area contributed by atoms with Crippen molar-refractivity contribution in [3.8, 4) is 0 Å². The smallest absolute Gasteiger partial charge is 0.167 e. The molecule has 0 saturated carbocycles. The summed E-state index contributed by atoms with van der Waals surface area (Å²) in [6.45, 7) is 0. The number of carbonyl (C=O) groups excluding carboxylic acids is 1. The number of nitrogens with one attached hydrogen (secondary N) is 1. The lowest BCUT2D eigenvalue weighted by atomic mass is 9.89. The summed E-state index contributed by atoms with van der Waals surface area (Å²) in [5.41, 5.74) is 2.88. The van der Waals surface area contributed by atoms with Gasteiger partial charge < -0.3 is 5.32 Å². The van der Waals surface area contributed by atoms with Gasteiger partial charge in [0.2, 0.25) is 0 Å². The van der Waals surface area contributed by atoms with Crippen LogP contribution in [-0.2, 0) is 0 Å². The van der Waals surface area contributed by atoms with Crippen LogP contribution in [0.1, 0.15) is 28.4 Å². The second-order valence-electron chi connectivity index (χ2n) is 5.59. The highest BCUT2D eigenvalue weighted by molar-refractivity contribution is 9.10. The number of halogens is 1. The van der Waals surface area contributed by atoms with E-state index in [4.69, 9.17) is 0 Å². The lowest BCUT2D eigenvalue weighted by Gasteiger charge is -2.27. The van der Waals surface area contributed by atoms with Gasteiger partial charge in [0.15, 0.2) is 5.78 Å². The number of benzene rings is 3. The van der Waals surface area contributed by atoms with Crippen molar-refractivity contribution in [2.75, 3.05) is 5.32 Å². The summed E-state index contributed by atoms with van der Waals surface area (Å²) in [5.74, 6) is 0.204. The highest BCUT2D eigenvalue weighted by atomic mass is 79.9. The van der Waals surface area contributed by atoms with Crippen LogP contribution in [0.15, 0.2) is 65.1 Å². The normalized spacial score (nSPS) is 17.1. The van der Waals surface area contributed by atoms with Gasteiger partial charge in [-0.15, -0.1) is 0 Å². The first-order valence-electron chi connectivity index (χ1n) is 7.29. The van der Waals surface area contributed by atoms with Crippen LogP contribution in [0.3, 0.4) is 0 Å². The zero-order valence-corrected chi connectivity index (χ0v) is 13.4. The molecule has 0 aromatic heterocycles. The van der Waals surface area contributed by atoms with E-state index in [1.807, 2.05) is 42.5 Å². The van der Waals surface area contributed by atoms with Crippen molar-refractivity contribution in [3.05, 3.63) is 76.3 Å². The van der Waals surface area contributed by atoms with Gasteiger partial charge in [-0.1, -0.05) is 58.4 Å². The van der Waals surface area contributed by atoms with Crippen molar-refractivity contribution in [3.63, 3.8) is 0 Å². The Kier molecular flexibility index (Phi) is 3.23. The summed E-state index contributed by atoms with van der Waals surface area (Å²) in [6.07, 6.45) is 0.484. The molecule has 0 bridgehead atoms. The van der Waals surface area contributed by atoms with Gasteiger partial charge in [0.25, 0.3) is 0 Å². The largest absolute Gasteiger partial charge is 0.377 e. The monoisotopic (exact) mass is 351 g/mol. The SMILES string of the molecule is O=C1C[C@@H](c2cccc(Br)c2)Nc2ccc3ccccc3c21. The van der Waals surface area contributed by atoms with Crippen molar-refractivity contribution in [2.24, 2.45) is 0 Å². The average Bonchev–Trinajstić information content (AvgIpc) is 2.54. The Balaban J connectivity index is 1.81. The summed E-state index contributed by atoms with van der Waals surface area (Å²) in [7, 11) is 0. The first-order valence-corrected chi connectivity index (χ1v) is 8.08. The van der Waals surface area contributed by atoms with Gasteiger partial charge in [0.05, 0.1) is 6.04 Å². The fourth-order valence-corrected chi connectivity index (χ4v) is 3.56. The zero-order chi connectivity index (χ0) is 15.1. The average molecular weight is 352 g/mol. The molecule has 1 heterocycles. The first-order chi connectivity index (χ1) is 10.7. The van der Waals surface area contributed by atoms with E-state index in [-0.39, 0.29) is 11.8 Å². The zero-order valence-electron chi connectivity index (χ0n) is 11.8. The lowest BCUT2D eigenvalue weighted by Crippen LogP contribution is -2.23. The number of anilines is 1. The fraction of sp³-hybridized carbons (Fsp3) is 0.105.